The van der Waals surface area contributed by atoms with E-state index < -0.39 is 63.7 Å². The molecule has 9 atom stereocenters. The van der Waals surface area contributed by atoms with Crippen molar-refractivity contribution in [1.29, 1.82) is 0 Å². The van der Waals surface area contributed by atoms with E-state index in [0.717, 1.165) is 0 Å². The topological polar surface area (TPSA) is 130 Å². The summed E-state index contributed by atoms with van der Waals surface area (Å²) in [7, 11) is 0. The summed E-state index contributed by atoms with van der Waals surface area (Å²) in [5, 5.41) is 34.6. The molecule has 0 aliphatic heterocycles. The number of Topliss-reactive ketones (excluding diaryl/α,β-unsaturated/α-hetero) is 1. The monoisotopic (exact) mass is 506 g/mol. The third kappa shape index (κ3) is 3.47. The summed E-state index contributed by atoms with van der Waals surface area (Å²) in [6, 6.07) is 0. The molecule has 0 saturated heterocycles. The molecule has 8 heteroatoms. The molecule has 202 valence electrons. The van der Waals surface area contributed by atoms with Crippen LogP contribution in [0.5, 0.6) is 0 Å². The molecule has 0 aromatic heterocycles. The molecule has 0 radical (unpaired) electrons. The van der Waals surface area contributed by atoms with Crippen molar-refractivity contribution in [2.75, 3.05) is 6.61 Å². The maximum atomic E-state index is 13.2. The van der Waals surface area contributed by atoms with Gasteiger partial charge >= 0.3 is 11.9 Å². The predicted molar refractivity (Wildman–Crippen MR) is 130 cm³/mol. The lowest BCUT2D eigenvalue weighted by Crippen LogP contribution is -2.66. The van der Waals surface area contributed by atoms with Crippen LogP contribution in [0, 0.1) is 35.0 Å². The van der Waals surface area contributed by atoms with Crippen molar-refractivity contribution in [3.63, 3.8) is 0 Å². The molecule has 0 unspecified atom stereocenters. The fourth-order valence-electron chi connectivity index (χ4n) is 8.19. The first-order valence-corrected chi connectivity index (χ1v) is 13.5. The second-order valence-corrected chi connectivity index (χ2v) is 12.2. The number of fused-ring (bicyclic) bond motifs is 5. The summed E-state index contributed by atoms with van der Waals surface area (Å²) < 4.78 is 12.3. The van der Waals surface area contributed by atoms with Crippen LogP contribution in [0.3, 0.4) is 0 Å². The minimum absolute atomic E-state index is 0.0302. The van der Waals surface area contributed by atoms with Crippen LogP contribution in [-0.2, 0) is 23.9 Å². The average molecular weight is 507 g/mol. The van der Waals surface area contributed by atoms with Crippen molar-refractivity contribution < 1.29 is 39.2 Å². The van der Waals surface area contributed by atoms with E-state index in [1.54, 1.807) is 19.9 Å². The number of ether oxygens (including phenoxy) is 2. The molecule has 8 nitrogen and oxygen atoms in total. The van der Waals surface area contributed by atoms with Gasteiger partial charge in [-0.3, -0.25) is 14.4 Å². The molecule has 3 fully saturated rings. The van der Waals surface area contributed by atoms with Gasteiger partial charge in [0.15, 0.2) is 11.4 Å². The highest BCUT2D eigenvalue weighted by atomic mass is 16.6. The van der Waals surface area contributed by atoms with Gasteiger partial charge in [0.25, 0.3) is 0 Å². The fourth-order valence-corrected chi connectivity index (χ4v) is 8.19. The number of hydrogen-bond acceptors (Lipinski definition) is 8. The summed E-state index contributed by atoms with van der Waals surface area (Å²) in [5.74, 6) is -4.23. The zero-order valence-corrected chi connectivity index (χ0v) is 22.4. The third-order valence-electron chi connectivity index (χ3n) is 9.84. The molecule has 4 rings (SSSR count). The van der Waals surface area contributed by atoms with Crippen molar-refractivity contribution in [3.8, 4) is 0 Å². The Morgan fingerprint density at radius 3 is 2.31 bits per heavy atom. The Kier molecular flexibility index (Phi) is 6.75. The molecule has 3 N–H and O–H groups in total. The summed E-state index contributed by atoms with van der Waals surface area (Å²) in [4.78, 5) is 38.9. The van der Waals surface area contributed by atoms with E-state index in [0.29, 0.717) is 24.8 Å². The second-order valence-electron chi connectivity index (χ2n) is 12.2. The number of esters is 2. The van der Waals surface area contributed by atoms with Gasteiger partial charge in [0, 0.05) is 42.6 Å². The van der Waals surface area contributed by atoms with Crippen molar-refractivity contribution in [2.24, 2.45) is 35.0 Å². The van der Waals surface area contributed by atoms with E-state index >= 15 is 0 Å². The lowest BCUT2D eigenvalue weighted by molar-refractivity contribution is -0.233. The van der Waals surface area contributed by atoms with E-state index in [1.165, 1.54) is 0 Å². The number of hydrogen-bond donors (Lipinski definition) is 3. The predicted octanol–water partition coefficient (Wildman–Crippen LogP) is 2.71. The Bertz CT molecular complexity index is 971. The van der Waals surface area contributed by atoms with E-state index in [4.69, 9.17) is 9.47 Å². The molecule has 4 aliphatic carbocycles. The largest absolute Gasteiger partial charge is 0.458 e. The Labute approximate surface area is 213 Å². The van der Waals surface area contributed by atoms with Gasteiger partial charge in [0.1, 0.15) is 11.7 Å². The van der Waals surface area contributed by atoms with E-state index in [-0.39, 0.29) is 37.8 Å². The van der Waals surface area contributed by atoms with E-state index in [9.17, 15) is 29.7 Å². The van der Waals surface area contributed by atoms with Crippen molar-refractivity contribution in [3.05, 3.63) is 11.6 Å². The summed E-state index contributed by atoms with van der Waals surface area (Å²) in [5.41, 5.74) is -4.88. The van der Waals surface area contributed by atoms with Crippen LogP contribution in [0.15, 0.2) is 11.6 Å². The third-order valence-corrected chi connectivity index (χ3v) is 9.84. The quantitative estimate of drug-likeness (QED) is 0.450. The van der Waals surface area contributed by atoms with Crippen LogP contribution in [-0.4, -0.2) is 62.6 Å². The van der Waals surface area contributed by atoms with Crippen LogP contribution in [0.4, 0.5) is 0 Å². The summed E-state index contributed by atoms with van der Waals surface area (Å²) in [6.07, 6.45) is 2.69. The minimum Gasteiger partial charge on any atom is -0.458 e. The Morgan fingerprint density at radius 2 is 1.72 bits per heavy atom. The molecule has 0 bridgehead atoms. The number of carbonyl (C=O) groups excluding carboxylic acids is 3. The highest BCUT2D eigenvalue weighted by molar-refractivity contribution is 6.04. The lowest BCUT2D eigenvalue weighted by Gasteiger charge is -2.53. The zero-order valence-electron chi connectivity index (χ0n) is 22.4. The highest BCUT2D eigenvalue weighted by Crippen LogP contribution is 2.77. The van der Waals surface area contributed by atoms with Gasteiger partial charge in [0.2, 0.25) is 0 Å². The maximum Gasteiger partial charge on any atom is 0.306 e. The number of aliphatic hydroxyl groups is 3. The Morgan fingerprint density at radius 1 is 1.11 bits per heavy atom. The molecule has 36 heavy (non-hydrogen) atoms. The SMILES string of the molecule is CCCC(=O)O[C@@H]1[C@@H](C)[C@@]2(O)[C@@H](C[C@H](CO)C[C@]3(O)C(=O)C(C)=C[C@@H]23)[C@@H]2C(C)(C)[C@]12OC(=O)CCC. The van der Waals surface area contributed by atoms with Crippen LogP contribution >= 0.6 is 0 Å². The second kappa shape index (κ2) is 8.91. The van der Waals surface area contributed by atoms with E-state index in [1.807, 2.05) is 27.7 Å². The number of aliphatic hydroxyl groups excluding tert-OH is 1. The first kappa shape index (κ1) is 27.3. The van der Waals surface area contributed by atoms with Gasteiger partial charge in [-0.1, -0.05) is 40.7 Å². The fraction of sp³-hybridized carbons (Fsp3) is 0.821. The van der Waals surface area contributed by atoms with E-state index in [2.05, 4.69) is 0 Å². The molecule has 4 aliphatic rings. The van der Waals surface area contributed by atoms with Gasteiger partial charge < -0.3 is 24.8 Å². The Hall–Kier alpha value is -1.77. The van der Waals surface area contributed by atoms with Gasteiger partial charge in [-0.15, -0.1) is 0 Å². The maximum absolute atomic E-state index is 13.2. The van der Waals surface area contributed by atoms with Crippen LogP contribution in [0.25, 0.3) is 0 Å². The van der Waals surface area contributed by atoms with Crippen LogP contribution < -0.4 is 0 Å². The Balaban J connectivity index is 1.89. The smallest absolute Gasteiger partial charge is 0.306 e. The number of ketones is 1. The van der Waals surface area contributed by atoms with Gasteiger partial charge in [0.05, 0.1) is 5.60 Å². The first-order chi connectivity index (χ1) is 16.8. The van der Waals surface area contributed by atoms with Crippen LogP contribution in [0.2, 0.25) is 0 Å². The summed E-state index contributed by atoms with van der Waals surface area (Å²) >= 11 is 0. The molecule has 0 amide bonds. The zero-order chi connectivity index (χ0) is 26.8. The number of carbonyl (C=O) groups is 3. The molecule has 0 spiro atoms. The lowest BCUT2D eigenvalue weighted by atomic mass is 9.58. The minimum atomic E-state index is -1.86. The molecular weight excluding hydrogens is 464 g/mol. The normalized spacial score (nSPS) is 44.5. The first-order valence-electron chi connectivity index (χ1n) is 13.5. The van der Waals surface area contributed by atoms with Gasteiger partial charge in [-0.05, 0) is 50.0 Å². The van der Waals surface area contributed by atoms with Crippen LogP contribution in [0.1, 0.15) is 80.1 Å². The van der Waals surface area contributed by atoms with Crippen molar-refractivity contribution >= 4 is 17.7 Å². The van der Waals surface area contributed by atoms with Gasteiger partial charge in [-0.25, -0.2) is 0 Å². The molecular formula is C28H42O8. The van der Waals surface area contributed by atoms with Gasteiger partial charge in [-0.2, -0.15) is 0 Å². The average Bonchev–Trinajstić information content (AvgIpc) is 3.23. The molecule has 0 aromatic carbocycles. The standard InChI is InChI=1S/C28H42O8/c1-7-9-20(30)35-24-16(4)27(34)18(22-25(5,6)28(22,24)36-21(31)10-8-2)12-17(14-29)13-26(33)19(27)11-15(3)23(26)32/h11,16-19,22,24,29,33-34H,7-10,12-14H2,1-6H3/t16-,17+,18+,19-,22-,24-,26-,27-,28-/m1/s1. The summed E-state index contributed by atoms with van der Waals surface area (Å²) in [6.45, 7) is 10.8. The van der Waals surface area contributed by atoms with Crippen molar-refractivity contribution in [1.82, 2.24) is 0 Å². The van der Waals surface area contributed by atoms with Crippen molar-refractivity contribution in [2.45, 2.75) is 103 Å². The molecule has 0 aromatic rings. The molecule has 0 heterocycles. The molecule has 3 saturated carbocycles. The highest BCUT2D eigenvalue weighted by Gasteiger charge is 2.88. The number of rotatable bonds is 7.